The van der Waals surface area contributed by atoms with E-state index in [9.17, 15) is 24.7 Å². The molecule has 3 N–H and O–H groups in total. The van der Waals surface area contributed by atoms with Crippen LogP contribution in [0.4, 0.5) is 15.8 Å². The minimum Gasteiger partial charge on any atom is -0.394 e. The van der Waals surface area contributed by atoms with Crippen LogP contribution in [-0.2, 0) is 0 Å². The molecule has 0 aromatic heterocycles. The van der Waals surface area contributed by atoms with E-state index in [-0.39, 0.29) is 14.9 Å². The molecule has 0 spiro atoms. The number of nitro groups is 1. The Labute approximate surface area is 122 Å². The highest BCUT2D eigenvalue weighted by molar-refractivity contribution is 14.1. The monoisotopic (exact) mass is 384 g/mol. The van der Waals surface area contributed by atoms with Gasteiger partial charge in [0.1, 0.15) is 11.5 Å². The van der Waals surface area contributed by atoms with Gasteiger partial charge in [0.05, 0.1) is 27.2 Å². The van der Waals surface area contributed by atoms with Crippen molar-refractivity contribution in [2.75, 3.05) is 18.5 Å². The third-order valence-electron chi connectivity index (χ3n) is 2.92. The van der Waals surface area contributed by atoms with Crippen molar-refractivity contribution >= 4 is 34.0 Å². The summed E-state index contributed by atoms with van der Waals surface area (Å²) < 4.78 is 13.6. The summed E-state index contributed by atoms with van der Waals surface area (Å²) in [6, 6.07) is 2.10. The first kappa shape index (κ1) is 16.1. The van der Waals surface area contributed by atoms with Gasteiger partial charge >= 0.3 is 0 Å². The molecule has 0 amide bonds. The molecule has 8 heteroatoms. The Kier molecular flexibility index (Phi) is 5.44. The lowest BCUT2D eigenvalue weighted by Crippen LogP contribution is -2.45. The van der Waals surface area contributed by atoms with Crippen molar-refractivity contribution in [3.05, 3.63) is 31.6 Å². The molecule has 6 nitrogen and oxygen atoms in total. The predicted octanol–water partition coefficient (Wildman–Crippen LogP) is 1.88. The third kappa shape index (κ3) is 3.51. The topological polar surface area (TPSA) is 95.6 Å². The highest BCUT2D eigenvalue weighted by Gasteiger charge is 2.30. The second-order valence-electron chi connectivity index (χ2n) is 4.12. The van der Waals surface area contributed by atoms with Gasteiger partial charge in [0.2, 0.25) is 0 Å². The fourth-order valence-corrected chi connectivity index (χ4v) is 1.96. The lowest BCUT2D eigenvalue weighted by atomic mass is 9.97. The quantitative estimate of drug-likeness (QED) is 0.396. The molecule has 0 atom stereocenters. The van der Waals surface area contributed by atoms with Crippen LogP contribution in [0.25, 0.3) is 0 Å². The van der Waals surface area contributed by atoms with Crippen molar-refractivity contribution in [1.29, 1.82) is 0 Å². The van der Waals surface area contributed by atoms with Gasteiger partial charge in [-0.15, -0.1) is 0 Å². The number of rotatable bonds is 6. The zero-order chi connectivity index (χ0) is 14.6. The molecule has 0 radical (unpaired) electrons. The number of aliphatic hydroxyl groups excluding tert-OH is 2. The van der Waals surface area contributed by atoms with Crippen LogP contribution in [0.2, 0.25) is 0 Å². The predicted molar refractivity (Wildman–Crippen MR) is 76.6 cm³/mol. The summed E-state index contributed by atoms with van der Waals surface area (Å²) in [7, 11) is 0. The molecule has 0 bridgehead atoms. The SMILES string of the molecule is CCC(CO)(CO)Nc1cc(F)c(I)cc1[N+](=O)[O-]. The first-order chi connectivity index (χ1) is 8.89. The standard InChI is InChI=1S/C11H14FIN2O4/c1-2-11(5-16,6-17)14-9-3-7(12)8(13)4-10(9)15(18)19/h3-4,14,16-17H,2,5-6H2,1H3. The van der Waals surface area contributed by atoms with Gasteiger partial charge < -0.3 is 15.5 Å². The minimum absolute atomic E-state index is 0.0622. The summed E-state index contributed by atoms with van der Waals surface area (Å²) in [5.41, 5.74) is -1.48. The van der Waals surface area contributed by atoms with Crippen molar-refractivity contribution in [2.24, 2.45) is 0 Å². The maximum atomic E-state index is 13.5. The van der Waals surface area contributed by atoms with Crippen molar-refractivity contribution in [2.45, 2.75) is 18.9 Å². The van der Waals surface area contributed by atoms with E-state index in [4.69, 9.17) is 0 Å². The smallest absolute Gasteiger partial charge is 0.293 e. The Morgan fingerprint density at radius 3 is 2.47 bits per heavy atom. The molecule has 0 fully saturated rings. The first-order valence-corrected chi connectivity index (χ1v) is 6.60. The zero-order valence-corrected chi connectivity index (χ0v) is 12.3. The summed E-state index contributed by atoms with van der Waals surface area (Å²) in [5, 5.41) is 32.2. The largest absolute Gasteiger partial charge is 0.394 e. The Balaban J connectivity index is 3.26. The van der Waals surface area contributed by atoms with Crippen molar-refractivity contribution in [3.63, 3.8) is 0 Å². The highest BCUT2D eigenvalue weighted by atomic mass is 127. The van der Waals surface area contributed by atoms with Crippen LogP contribution >= 0.6 is 22.6 Å². The van der Waals surface area contributed by atoms with Crippen molar-refractivity contribution < 1.29 is 19.5 Å². The highest BCUT2D eigenvalue weighted by Crippen LogP contribution is 2.31. The van der Waals surface area contributed by atoms with Gasteiger partial charge in [-0.3, -0.25) is 10.1 Å². The number of anilines is 1. The van der Waals surface area contributed by atoms with Gasteiger partial charge in [0, 0.05) is 12.1 Å². The summed E-state index contributed by atoms with van der Waals surface area (Å²) in [4.78, 5) is 10.3. The Bertz CT molecular complexity index is 472. The normalized spacial score (nSPS) is 11.4. The lowest BCUT2D eigenvalue weighted by molar-refractivity contribution is -0.384. The van der Waals surface area contributed by atoms with E-state index in [1.165, 1.54) is 0 Å². The Hall–Kier alpha value is -1.00. The molecule has 0 unspecified atom stereocenters. The van der Waals surface area contributed by atoms with E-state index in [0.717, 1.165) is 12.1 Å². The summed E-state index contributed by atoms with van der Waals surface area (Å²) in [6.45, 7) is 0.851. The number of benzene rings is 1. The Morgan fingerprint density at radius 2 is 2.05 bits per heavy atom. The van der Waals surface area contributed by atoms with Crippen LogP contribution in [-0.4, -0.2) is 33.9 Å². The van der Waals surface area contributed by atoms with E-state index < -0.39 is 29.5 Å². The minimum atomic E-state index is -1.12. The van der Waals surface area contributed by atoms with Crippen molar-refractivity contribution in [1.82, 2.24) is 0 Å². The lowest BCUT2D eigenvalue weighted by Gasteiger charge is -2.30. The Morgan fingerprint density at radius 1 is 1.47 bits per heavy atom. The molecule has 1 rings (SSSR count). The summed E-state index contributed by atoms with van der Waals surface area (Å²) in [6.07, 6.45) is 0.324. The van der Waals surface area contributed by atoms with Crippen LogP contribution in [0.15, 0.2) is 12.1 Å². The number of hydrogen-bond donors (Lipinski definition) is 3. The molecular weight excluding hydrogens is 370 g/mol. The number of hydrogen-bond acceptors (Lipinski definition) is 5. The molecule has 0 aliphatic carbocycles. The van der Waals surface area contributed by atoms with Gasteiger partial charge in [-0.25, -0.2) is 4.39 Å². The molecule has 0 heterocycles. The number of nitrogens with one attached hydrogen (secondary N) is 1. The van der Waals surface area contributed by atoms with Gasteiger partial charge in [0.25, 0.3) is 5.69 Å². The molecule has 1 aromatic rings. The van der Waals surface area contributed by atoms with Gasteiger partial charge in [-0.1, -0.05) is 6.92 Å². The molecule has 0 aliphatic rings. The van der Waals surface area contributed by atoms with E-state index in [0.29, 0.717) is 6.42 Å². The van der Waals surface area contributed by atoms with Gasteiger partial charge in [-0.05, 0) is 29.0 Å². The number of nitro benzene ring substituents is 1. The van der Waals surface area contributed by atoms with Crippen LogP contribution in [0.1, 0.15) is 13.3 Å². The fraction of sp³-hybridized carbons (Fsp3) is 0.455. The average Bonchev–Trinajstić information content (AvgIpc) is 2.39. The average molecular weight is 384 g/mol. The van der Waals surface area contributed by atoms with E-state index in [2.05, 4.69) is 5.32 Å². The van der Waals surface area contributed by atoms with Crippen molar-refractivity contribution in [3.8, 4) is 0 Å². The molecule has 0 saturated carbocycles. The van der Waals surface area contributed by atoms with Crippen LogP contribution in [0.5, 0.6) is 0 Å². The van der Waals surface area contributed by atoms with Crippen LogP contribution < -0.4 is 5.32 Å². The van der Waals surface area contributed by atoms with E-state index in [1.54, 1.807) is 29.5 Å². The molecular formula is C11H14FIN2O4. The number of nitrogens with zero attached hydrogens (tertiary/aromatic N) is 1. The number of halogens is 2. The second kappa shape index (κ2) is 6.44. The first-order valence-electron chi connectivity index (χ1n) is 5.52. The fourth-order valence-electron chi connectivity index (χ4n) is 1.51. The summed E-state index contributed by atoms with van der Waals surface area (Å²) >= 11 is 1.66. The molecule has 19 heavy (non-hydrogen) atoms. The maximum Gasteiger partial charge on any atom is 0.293 e. The maximum absolute atomic E-state index is 13.5. The van der Waals surface area contributed by atoms with E-state index in [1.807, 2.05) is 0 Å². The molecule has 0 aliphatic heterocycles. The third-order valence-corrected chi connectivity index (χ3v) is 3.74. The molecule has 106 valence electrons. The van der Waals surface area contributed by atoms with Crippen LogP contribution in [0, 0.1) is 19.5 Å². The van der Waals surface area contributed by atoms with Gasteiger partial charge in [0.15, 0.2) is 0 Å². The number of aliphatic hydroxyl groups is 2. The van der Waals surface area contributed by atoms with Crippen LogP contribution in [0.3, 0.4) is 0 Å². The molecule has 0 saturated heterocycles. The second-order valence-corrected chi connectivity index (χ2v) is 5.28. The summed E-state index contributed by atoms with van der Waals surface area (Å²) in [5.74, 6) is -0.602. The van der Waals surface area contributed by atoms with Gasteiger partial charge in [-0.2, -0.15) is 0 Å². The molecule has 1 aromatic carbocycles. The zero-order valence-electron chi connectivity index (χ0n) is 10.2. The van der Waals surface area contributed by atoms with E-state index >= 15 is 0 Å².